The van der Waals surface area contributed by atoms with E-state index in [0.717, 1.165) is 10.0 Å². The minimum absolute atomic E-state index is 0.170. The topological polar surface area (TPSA) is 20.3 Å². The van der Waals surface area contributed by atoms with Crippen molar-refractivity contribution in [2.24, 2.45) is 0 Å². The van der Waals surface area contributed by atoms with E-state index in [4.69, 9.17) is 23.2 Å². The summed E-state index contributed by atoms with van der Waals surface area (Å²) in [5, 5.41) is 1.11. The quantitative estimate of drug-likeness (QED) is 0.380. The second-order valence-electron chi connectivity index (χ2n) is 6.31. The van der Waals surface area contributed by atoms with E-state index in [0.29, 0.717) is 34.1 Å². The van der Waals surface area contributed by atoms with Crippen LogP contribution in [0.2, 0.25) is 10.0 Å². The van der Waals surface area contributed by atoms with Gasteiger partial charge in [0.2, 0.25) is 0 Å². The summed E-state index contributed by atoms with van der Waals surface area (Å²) in [6.45, 7) is 0.560. The van der Waals surface area contributed by atoms with Crippen LogP contribution in [0.4, 0.5) is 4.39 Å². The van der Waals surface area contributed by atoms with E-state index in [1.54, 1.807) is 53.4 Å². The maximum Gasteiger partial charge on any atom is 0.254 e. The van der Waals surface area contributed by atoms with Crippen molar-refractivity contribution < 1.29 is 9.18 Å². The molecule has 3 aromatic rings. The molecule has 2 nitrogen and oxygen atoms in total. The Morgan fingerprint density at radius 3 is 2.46 bits per heavy atom. The minimum Gasteiger partial charge on any atom is -0.334 e. The Morgan fingerprint density at radius 2 is 1.75 bits per heavy atom. The second-order valence-corrected chi connectivity index (χ2v) is 8.07. The van der Waals surface area contributed by atoms with Crippen LogP contribution in [0.3, 0.4) is 0 Å². The zero-order valence-electron chi connectivity index (χ0n) is 14.8. The number of benzene rings is 3. The summed E-state index contributed by atoms with van der Waals surface area (Å²) in [5.74, 6) is -0.506. The molecule has 0 fully saturated rings. The van der Waals surface area contributed by atoms with Gasteiger partial charge in [0, 0.05) is 38.7 Å². The molecule has 28 heavy (non-hydrogen) atoms. The Labute approximate surface area is 182 Å². The standard InChI is InChI=1S/C22H17BrCl2FNO/c23-18-6-3-5-16(12-18)22(28)27(14-17-4-1-2-7-21(17)26)11-10-15-8-9-19(24)13-20(15)25/h1-9,12-13H,10-11,14H2. The van der Waals surface area contributed by atoms with Gasteiger partial charge in [-0.1, -0.05) is 69.5 Å². The molecule has 6 heteroatoms. The molecule has 0 N–H and O–H groups in total. The molecule has 0 atom stereocenters. The van der Waals surface area contributed by atoms with Gasteiger partial charge in [0.1, 0.15) is 5.82 Å². The highest BCUT2D eigenvalue weighted by Crippen LogP contribution is 2.23. The summed E-state index contributed by atoms with van der Waals surface area (Å²) in [4.78, 5) is 14.7. The van der Waals surface area contributed by atoms with Crippen LogP contribution >= 0.6 is 39.1 Å². The van der Waals surface area contributed by atoms with Gasteiger partial charge in [-0.05, 0) is 48.4 Å². The number of carbonyl (C=O) groups excluding carboxylic acids is 1. The van der Waals surface area contributed by atoms with Gasteiger partial charge < -0.3 is 4.90 Å². The molecule has 0 aliphatic heterocycles. The van der Waals surface area contributed by atoms with Crippen LogP contribution in [-0.4, -0.2) is 17.4 Å². The lowest BCUT2D eigenvalue weighted by Crippen LogP contribution is -2.33. The number of rotatable bonds is 6. The largest absolute Gasteiger partial charge is 0.334 e. The van der Waals surface area contributed by atoms with Gasteiger partial charge in [-0.15, -0.1) is 0 Å². The van der Waals surface area contributed by atoms with E-state index in [1.807, 2.05) is 12.1 Å². The van der Waals surface area contributed by atoms with Crippen molar-refractivity contribution in [1.29, 1.82) is 0 Å². The molecule has 0 unspecified atom stereocenters. The first kappa shape index (κ1) is 20.8. The second kappa shape index (κ2) is 9.55. The molecule has 0 spiro atoms. The summed E-state index contributed by atoms with van der Waals surface area (Å²) in [6, 6.07) is 18.9. The van der Waals surface area contributed by atoms with Crippen molar-refractivity contribution in [3.8, 4) is 0 Å². The van der Waals surface area contributed by atoms with Gasteiger partial charge in [0.05, 0.1) is 0 Å². The fourth-order valence-corrected chi connectivity index (χ4v) is 3.77. The summed E-state index contributed by atoms with van der Waals surface area (Å²) >= 11 is 15.6. The minimum atomic E-state index is -0.334. The van der Waals surface area contributed by atoms with Gasteiger partial charge in [0.15, 0.2) is 0 Å². The fraction of sp³-hybridized carbons (Fsp3) is 0.136. The Kier molecular flexibility index (Phi) is 7.11. The van der Waals surface area contributed by atoms with E-state index < -0.39 is 0 Å². The van der Waals surface area contributed by atoms with E-state index in [9.17, 15) is 9.18 Å². The normalized spacial score (nSPS) is 10.7. The molecular weight excluding hydrogens is 464 g/mol. The summed E-state index contributed by atoms with van der Waals surface area (Å²) < 4.78 is 15.0. The number of carbonyl (C=O) groups is 1. The first-order valence-electron chi connectivity index (χ1n) is 8.66. The molecule has 0 saturated heterocycles. The molecule has 3 rings (SSSR count). The van der Waals surface area contributed by atoms with Crippen molar-refractivity contribution >= 4 is 45.0 Å². The highest BCUT2D eigenvalue weighted by atomic mass is 79.9. The molecule has 0 aliphatic rings. The molecule has 0 aliphatic carbocycles. The number of hydrogen-bond acceptors (Lipinski definition) is 1. The monoisotopic (exact) mass is 479 g/mol. The third kappa shape index (κ3) is 5.34. The molecule has 144 valence electrons. The number of amides is 1. The van der Waals surface area contributed by atoms with E-state index >= 15 is 0 Å². The third-order valence-corrected chi connectivity index (χ3v) is 5.42. The zero-order chi connectivity index (χ0) is 20.1. The molecule has 0 saturated carbocycles. The summed E-state index contributed by atoms with van der Waals surface area (Å²) in [5.41, 5.74) is 1.88. The first-order valence-corrected chi connectivity index (χ1v) is 10.2. The molecule has 0 bridgehead atoms. The summed E-state index contributed by atoms with van der Waals surface area (Å²) in [7, 11) is 0. The van der Waals surface area contributed by atoms with Crippen molar-refractivity contribution in [2.45, 2.75) is 13.0 Å². The van der Waals surface area contributed by atoms with Crippen molar-refractivity contribution in [3.63, 3.8) is 0 Å². The van der Waals surface area contributed by atoms with Crippen molar-refractivity contribution in [2.75, 3.05) is 6.54 Å². The van der Waals surface area contributed by atoms with E-state index in [-0.39, 0.29) is 18.3 Å². The van der Waals surface area contributed by atoms with Crippen LogP contribution in [0.1, 0.15) is 21.5 Å². The molecule has 1 amide bonds. The third-order valence-electron chi connectivity index (χ3n) is 4.34. The predicted octanol–water partition coefficient (Wildman–Crippen LogP) is 6.78. The molecule has 0 heterocycles. The van der Waals surface area contributed by atoms with Gasteiger partial charge in [-0.3, -0.25) is 4.79 Å². The van der Waals surface area contributed by atoms with Crippen molar-refractivity contribution in [1.82, 2.24) is 4.90 Å². The van der Waals surface area contributed by atoms with Gasteiger partial charge in [0.25, 0.3) is 5.91 Å². The SMILES string of the molecule is O=C(c1cccc(Br)c1)N(CCc1ccc(Cl)cc1Cl)Cc1ccccc1F. The predicted molar refractivity (Wildman–Crippen MR) is 115 cm³/mol. The highest BCUT2D eigenvalue weighted by Gasteiger charge is 2.18. The Morgan fingerprint density at radius 1 is 0.964 bits per heavy atom. The number of nitrogens with zero attached hydrogens (tertiary/aromatic N) is 1. The summed E-state index contributed by atoms with van der Waals surface area (Å²) in [6.07, 6.45) is 0.532. The van der Waals surface area contributed by atoms with Gasteiger partial charge in [-0.25, -0.2) is 4.39 Å². The highest BCUT2D eigenvalue weighted by molar-refractivity contribution is 9.10. The van der Waals surface area contributed by atoms with Gasteiger partial charge in [-0.2, -0.15) is 0 Å². The first-order chi connectivity index (χ1) is 13.4. The van der Waals surface area contributed by atoms with Crippen LogP contribution in [0.25, 0.3) is 0 Å². The smallest absolute Gasteiger partial charge is 0.254 e. The van der Waals surface area contributed by atoms with E-state index in [1.165, 1.54) is 6.07 Å². The maximum atomic E-state index is 14.2. The van der Waals surface area contributed by atoms with Crippen LogP contribution in [-0.2, 0) is 13.0 Å². The zero-order valence-corrected chi connectivity index (χ0v) is 17.9. The van der Waals surface area contributed by atoms with Crippen LogP contribution < -0.4 is 0 Å². The van der Waals surface area contributed by atoms with Crippen LogP contribution in [0, 0.1) is 5.82 Å². The lowest BCUT2D eigenvalue weighted by atomic mass is 10.1. The lowest BCUT2D eigenvalue weighted by Gasteiger charge is -2.24. The lowest BCUT2D eigenvalue weighted by molar-refractivity contribution is 0.0743. The number of halogens is 4. The Hall–Kier alpha value is -1.88. The van der Waals surface area contributed by atoms with Crippen LogP contribution in [0.5, 0.6) is 0 Å². The molecule has 3 aromatic carbocycles. The molecule has 0 aromatic heterocycles. The Balaban J connectivity index is 1.85. The van der Waals surface area contributed by atoms with Gasteiger partial charge >= 0.3 is 0 Å². The number of hydrogen-bond donors (Lipinski definition) is 0. The van der Waals surface area contributed by atoms with Crippen LogP contribution in [0.15, 0.2) is 71.2 Å². The fourth-order valence-electron chi connectivity index (χ4n) is 2.87. The Bertz CT molecular complexity index is 996. The van der Waals surface area contributed by atoms with E-state index in [2.05, 4.69) is 15.9 Å². The average molecular weight is 481 g/mol. The molecular formula is C22H17BrCl2FNO. The molecule has 0 radical (unpaired) electrons. The maximum absolute atomic E-state index is 14.2. The average Bonchev–Trinajstić information content (AvgIpc) is 2.67. The van der Waals surface area contributed by atoms with Crippen molar-refractivity contribution in [3.05, 3.63) is 104 Å².